The van der Waals surface area contributed by atoms with Crippen molar-refractivity contribution in [1.29, 1.82) is 0 Å². The average molecular weight is 357 g/mol. The number of nitrogens with zero attached hydrogens (tertiary/aromatic N) is 1. The van der Waals surface area contributed by atoms with Gasteiger partial charge in [0.15, 0.2) is 0 Å². The van der Waals surface area contributed by atoms with E-state index in [9.17, 15) is 4.79 Å². The fraction of sp³-hybridized carbons (Fsp3) is 0.381. The highest BCUT2D eigenvalue weighted by Gasteiger charge is 2.22. The molecule has 0 spiro atoms. The van der Waals surface area contributed by atoms with Crippen LogP contribution in [0.2, 0.25) is 0 Å². The summed E-state index contributed by atoms with van der Waals surface area (Å²) in [6.45, 7) is 6.32. The minimum Gasteiger partial charge on any atom is -0.444 e. The van der Waals surface area contributed by atoms with Crippen molar-refractivity contribution in [2.45, 2.75) is 52.7 Å². The summed E-state index contributed by atoms with van der Waals surface area (Å²) in [5.74, 6) is 0. The number of aliphatic hydroxyl groups excluding tert-OH is 2. The fourth-order valence-corrected chi connectivity index (χ4v) is 2.45. The first-order chi connectivity index (χ1) is 12.3. The minimum atomic E-state index is -0.573. The highest BCUT2D eigenvalue weighted by molar-refractivity contribution is 5.68. The number of carbonyl (C=O) groups excluding carboxylic acids is 1. The van der Waals surface area contributed by atoms with Gasteiger partial charge >= 0.3 is 6.09 Å². The molecule has 0 aliphatic heterocycles. The predicted molar refractivity (Wildman–Crippen MR) is 100 cm³/mol. The van der Waals surface area contributed by atoms with Gasteiger partial charge in [-0.1, -0.05) is 48.5 Å². The van der Waals surface area contributed by atoms with E-state index in [0.717, 1.165) is 22.3 Å². The minimum absolute atomic E-state index is 0.00668. The van der Waals surface area contributed by atoms with Crippen LogP contribution in [0.4, 0.5) is 4.79 Å². The van der Waals surface area contributed by atoms with Crippen LogP contribution in [0, 0.1) is 0 Å². The van der Waals surface area contributed by atoms with Gasteiger partial charge in [-0.15, -0.1) is 0 Å². The molecule has 0 fully saturated rings. The van der Waals surface area contributed by atoms with Crippen LogP contribution in [0.15, 0.2) is 48.5 Å². The molecule has 0 aliphatic carbocycles. The van der Waals surface area contributed by atoms with E-state index in [2.05, 4.69) is 0 Å². The SMILES string of the molecule is CC(C)(C)OC(=O)N(Cc1ccc(CO)cc1)Cc1ccc(CO)cc1. The van der Waals surface area contributed by atoms with E-state index in [1.165, 1.54) is 0 Å². The Morgan fingerprint density at radius 3 is 1.46 bits per heavy atom. The van der Waals surface area contributed by atoms with Crippen LogP contribution in [0.1, 0.15) is 43.0 Å². The molecule has 0 radical (unpaired) electrons. The van der Waals surface area contributed by atoms with Crippen molar-refractivity contribution >= 4 is 6.09 Å². The maximum Gasteiger partial charge on any atom is 0.410 e. The van der Waals surface area contributed by atoms with E-state index < -0.39 is 5.60 Å². The van der Waals surface area contributed by atoms with Crippen LogP contribution < -0.4 is 0 Å². The molecule has 0 saturated carbocycles. The summed E-state index contributed by atoms with van der Waals surface area (Å²) in [7, 11) is 0. The first-order valence-electron chi connectivity index (χ1n) is 8.66. The van der Waals surface area contributed by atoms with E-state index in [-0.39, 0.29) is 19.3 Å². The van der Waals surface area contributed by atoms with Crippen molar-refractivity contribution in [2.24, 2.45) is 0 Å². The molecule has 0 saturated heterocycles. The summed E-state index contributed by atoms with van der Waals surface area (Å²) >= 11 is 0. The van der Waals surface area contributed by atoms with Gasteiger partial charge in [-0.3, -0.25) is 4.90 Å². The van der Waals surface area contributed by atoms with Crippen LogP contribution in [0.25, 0.3) is 0 Å². The largest absolute Gasteiger partial charge is 0.444 e. The zero-order valence-corrected chi connectivity index (χ0v) is 15.6. The van der Waals surface area contributed by atoms with Gasteiger partial charge in [-0.2, -0.15) is 0 Å². The third-order valence-electron chi connectivity index (χ3n) is 3.81. The van der Waals surface area contributed by atoms with Gasteiger partial charge in [0.1, 0.15) is 5.60 Å². The van der Waals surface area contributed by atoms with E-state index in [0.29, 0.717) is 13.1 Å². The summed E-state index contributed by atoms with van der Waals surface area (Å²) in [5, 5.41) is 18.3. The first kappa shape index (κ1) is 19.9. The quantitative estimate of drug-likeness (QED) is 0.829. The topological polar surface area (TPSA) is 70.0 Å². The number of rotatable bonds is 6. The van der Waals surface area contributed by atoms with Gasteiger partial charge in [0.25, 0.3) is 0 Å². The summed E-state index contributed by atoms with van der Waals surface area (Å²) < 4.78 is 5.54. The van der Waals surface area contributed by atoms with Crippen molar-refractivity contribution in [3.05, 3.63) is 70.8 Å². The van der Waals surface area contributed by atoms with Gasteiger partial charge in [0, 0.05) is 13.1 Å². The predicted octanol–water partition coefficient (Wildman–Crippen LogP) is 3.61. The molecule has 5 nitrogen and oxygen atoms in total. The van der Waals surface area contributed by atoms with Crippen LogP contribution in [-0.4, -0.2) is 26.8 Å². The number of aliphatic hydroxyl groups is 2. The van der Waals surface area contributed by atoms with Gasteiger partial charge in [0.2, 0.25) is 0 Å². The number of benzene rings is 2. The lowest BCUT2D eigenvalue weighted by molar-refractivity contribution is 0.0216. The molecule has 0 bridgehead atoms. The third-order valence-corrected chi connectivity index (χ3v) is 3.81. The third kappa shape index (κ3) is 6.17. The van der Waals surface area contributed by atoms with Crippen molar-refractivity contribution in [3.8, 4) is 0 Å². The van der Waals surface area contributed by atoms with Crippen LogP contribution >= 0.6 is 0 Å². The average Bonchev–Trinajstić information content (AvgIpc) is 2.61. The molecular weight excluding hydrogens is 330 g/mol. The normalized spacial score (nSPS) is 11.3. The Hall–Kier alpha value is -2.37. The monoisotopic (exact) mass is 357 g/mol. The molecule has 140 valence electrons. The lowest BCUT2D eigenvalue weighted by Gasteiger charge is -2.27. The van der Waals surface area contributed by atoms with E-state index >= 15 is 0 Å². The second-order valence-corrected chi connectivity index (χ2v) is 7.29. The van der Waals surface area contributed by atoms with Crippen molar-refractivity contribution in [1.82, 2.24) is 4.90 Å². The van der Waals surface area contributed by atoms with Gasteiger partial charge < -0.3 is 14.9 Å². The van der Waals surface area contributed by atoms with Crippen molar-refractivity contribution in [3.63, 3.8) is 0 Å². The number of hydrogen-bond acceptors (Lipinski definition) is 4. The van der Waals surface area contributed by atoms with Crippen LogP contribution in [0.3, 0.4) is 0 Å². The Morgan fingerprint density at radius 1 is 0.808 bits per heavy atom. The summed E-state index contributed by atoms with van der Waals surface area (Å²) in [6.07, 6.45) is -0.380. The fourth-order valence-electron chi connectivity index (χ4n) is 2.45. The lowest BCUT2D eigenvalue weighted by Crippen LogP contribution is -2.36. The number of carbonyl (C=O) groups is 1. The maximum atomic E-state index is 12.6. The molecule has 0 aliphatic rings. The molecular formula is C21H27NO4. The smallest absolute Gasteiger partial charge is 0.410 e. The number of amides is 1. The highest BCUT2D eigenvalue weighted by Crippen LogP contribution is 2.17. The second-order valence-electron chi connectivity index (χ2n) is 7.29. The number of hydrogen-bond donors (Lipinski definition) is 2. The van der Waals surface area contributed by atoms with Crippen molar-refractivity contribution in [2.75, 3.05) is 0 Å². The Labute approximate surface area is 154 Å². The van der Waals surface area contributed by atoms with Crippen LogP contribution in [0.5, 0.6) is 0 Å². The van der Waals surface area contributed by atoms with Crippen molar-refractivity contribution < 1.29 is 19.7 Å². The molecule has 0 atom stereocenters. The molecule has 0 aromatic heterocycles. The molecule has 26 heavy (non-hydrogen) atoms. The Kier molecular flexibility index (Phi) is 6.77. The molecule has 0 heterocycles. The van der Waals surface area contributed by atoms with E-state index in [1.807, 2.05) is 69.3 Å². The summed E-state index contributed by atoms with van der Waals surface area (Å²) in [4.78, 5) is 14.3. The standard InChI is InChI=1S/C21H27NO4/c1-21(2,3)26-20(25)22(12-16-4-8-18(14-23)9-5-16)13-17-6-10-19(15-24)11-7-17/h4-11,23-24H,12-15H2,1-3H3. The molecule has 5 heteroatoms. The first-order valence-corrected chi connectivity index (χ1v) is 8.66. The zero-order chi connectivity index (χ0) is 19.2. The molecule has 2 N–H and O–H groups in total. The van der Waals surface area contributed by atoms with Gasteiger partial charge in [-0.25, -0.2) is 4.79 Å². The summed E-state index contributed by atoms with van der Waals surface area (Å²) in [6, 6.07) is 15.0. The maximum absolute atomic E-state index is 12.6. The highest BCUT2D eigenvalue weighted by atomic mass is 16.6. The van der Waals surface area contributed by atoms with E-state index in [1.54, 1.807) is 4.90 Å². The molecule has 0 unspecified atom stereocenters. The Balaban J connectivity index is 2.17. The Morgan fingerprint density at radius 2 is 1.15 bits per heavy atom. The Bertz CT molecular complexity index is 653. The molecule has 2 rings (SSSR count). The van der Waals surface area contributed by atoms with Gasteiger partial charge in [0.05, 0.1) is 13.2 Å². The lowest BCUT2D eigenvalue weighted by atomic mass is 10.1. The summed E-state index contributed by atoms with van der Waals surface area (Å²) in [5.41, 5.74) is 3.01. The van der Waals surface area contributed by atoms with E-state index in [4.69, 9.17) is 14.9 Å². The van der Waals surface area contributed by atoms with Gasteiger partial charge in [-0.05, 0) is 43.0 Å². The van der Waals surface area contributed by atoms with Crippen LogP contribution in [-0.2, 0) is 31.0 Å². The second kappa shape index (κ2) is 8.83. The molecule has 1 amide bonds. The number of ether oxygens (including phenoxy) is 1. The zero-order valence-electron chi connectivity index (χ0n) is 15.6. The molecule has 2 aromatic carbocycles. The molecule has 2 aromatic rings.